The van der Waals surface area contributed by atoms with Gasteiger partial charge in [0.2, 0.25) is 17.7 Å². The summed E-state index contributed by atoms with van der Waals surface area (Å²) < 4.78 is -0.667. The Kier molecular flexibility index (Phi) is 7.32. The van der Waals surface area contributed by atoms with Crippen molar-refractivity contribution in [3.63, 3.8) is 0 Å². The average molecular weight is 522 g/mol. The van der Waals surface area contributed by atoms with Gasteiger partial charge in [-0.1, -0.05) is 60.7 Å². The molecule has 0 saturated carbocycles. The minimum absolute atomic E-state index is 0.00271. The average Bonchev–Trinajstić information content (AvgIpc) is 3.54. The van der Waals surface area contributed by atoms with E-state index < -0.39 is 28.7 Å². The maximum atomic E-state index is 14.2. The van der Waals surface area contributed by atoms with Crippen LogP contribution in [0.5, 0.6) is 0 Å². The molecule has 0 aromatic heterocycles. The first-order valence-electron chi connectivity index (χ1n) is 13.1. The van der Waals surface area contributed by atoms with E-state index >= 15 is 0 Å². The minimum atomic E-state index is -0.727. The number of nitrogens with zero attached hydrogens (tertiary/aromatic N) is 1. The first-order valence-corrected chi connectivity index (χ1v) is 14.0. The van der Waals surface area contributed by atoms with Gasteiger partial charge in [0.1, 0.15) is 6.04 Å². The Morgan fingerprint density at radius 2 is 1.70 bits per heavy atom. The van der Waals surface area contributed by atoms with Gasteiger partial charge in [0.25, 0.3) is 0 Å². The lowest BCUT2D eigenvalue weighted by molar-refractivity contribution is -0.142. The molecule has 0 aliphatic carbocycles. The number of benzene rings is 2. The molecule has 3 aliphatic rings. The summed E-state index contributed by atoms with van der Waals surface area (Å²) in [5.41, 5.74) is 1.99. The molecule has 5 rings (SSSR count). The second-order valence-corrected chi connectivity index (χ2v) is 12.3. The number of aliphatic hydroxyl groups excluding tert-OH is 1. The van der Waals surface area contributed by atoms with Gasteiger partial charge in [-0.2, -0.15) is 0 Å². The van der Waals surface area contributed by atoms with Gasteiger partial charge in [0.05, 0.1) is 29.2 Å². The van der Waals surface area contributed by atoms with Crippen LogP contribution in [0.4, 0.5) is 0 Å². The number of carbonyl (C=O) groups is 3. The number of hydrogen-bond donors (Lipinski definition) is 3. The van der Waals surface area contributed by atoms with E-state index in [-0.39, 0.29) is 35.6 Å². The van der Waals surface area contributed by atoms with Gasteiger partial charge < -0.3 is 20.6 Å². The number of aliphatic hydroxyl groups is 1. The quantitative estimate of drug-likeness (QED) is 0.471. The summed E-state index contributed by atoms with van der Waals surface area (Å²) in [7, 11) is 0. The van der Waals surface area contributed by atoms with Gasteiger partial charge >= 0.3 is 0 Å². The highest BCUT2D eigenvalue weighted by Crippen LogP contribution is 2.66. The normalized spacial score (nSPS) is 28.9. The standard InChI is InChI=1S/C29H35N3O4S/c1-18(2)31-27(35)25-29-14-13-22(37-29)23(26(34)30-16-20-11-7-4-8-12-20)24(29)28(36)32(25)21(17-33)15-19-9-5-3-6-10-19/h3-12,18,21-25,33H,13-17H2,1-2H3,(H,30,34)(H,31,35)/t21-,22-,23+,24+,25?,29?/m1/s1. The molecule has 2 aromatic carbocycles. The van der Waals surface area contributed by atoms with Crippen molar-refractivity contribution in [3.8, 4) is 0 Å². The Morgan fingerprint density at radius 3 is 2.32 bits per heavy atom. The monoisotopic (exact) mass is 521 g/mol. The van der Waals surface area contributed by atoms with Crippen LogP contribution in [0.2, 0.25) is 0 Å². The number of amides is 3. The fourth-order valence-corrected chi connectivity index (χ4v) is 8.69. The maximum Gasteiger partial charge on any atom is 0.244 e. The Hall–Kier alpha value is -2.84. The van der Waals surface area contributed by atoms with Gasteiger partial charge in [-0.05, 0) is 44.2 Å². The van der Waals surface area contributed by atoms with Gasteiger partial charge in [-0.3, -0.25) is 14.4 Å². The van der Waals surface area contributed by atoms with Crippen LogP contribution >= 0.6 is 11.8 Å². The molecule has 3 saturated heterocycles. The summed E-state index contributed by atoms with van der Waals surface area (Å²) in [6.45, 7) is 3.95. The smallest absolute Gasteiger partial charge is 0.244 e. The van der Waals surface area contributed by atoms with Crippen LogP contribution in [0.25, 0.3) is 0 Å². The number of carbonyl (C=O) groups excluding carboxylic acids is 3. The van der Waals surface area contributed by atoms with E-state index in [1.165, 1.54) is 0 Å². The molecule has 3 amide bonds. The Bertz CT molecular complexity index is 1140. The highest BCUT2D eigenvalue weighted by atomic mass is 32.2. The number of likely N-dealkylation sites (tertiary alicyclic amines) is 1. The van der Waals surface area contributed by atoms with Crippen LogP contribution in [0.15, 0.2) is 60.7 Å². The first kappa shape index (κ1) is 25.8. The summed E-state index contributed by atoms with van der Waals surface area (Å²) in [6.07, 6.45) is 1.94. The summed E-state index contributed by atoms with van der Waals surface area (Å²) in [5, 5.41) is 16.5. The molecule has 0 radical (unpaired) electrons. The molecule has 2 aromatic rings. The molecule has 7 nitrogen and oxygen atoms in total. The summed E-state index contributed by atoms with van der Waals surface area (Å²) in [5.74, 6) is -1.59. The molecule has 2 bridgehead atoms. The van der Waals surface area contributed by atoms with Crippen LogP contribution in [0.1, 0.15) is 37.8 Å². The van der Waals surface area contributed by atoms with Crippen molar-refractivity contribution < 1.29 is 19.5 Å². The van der Waals surface area contributed by atoms with Crippen molar-refractivity contribution >= 4 is 29.5 Å². The molecule has 37 heavy (non-hydrogen) atoms. The zero-order chi connectivity index (χ0) is 26.2. The summed E-state index contributed by atoms with van der Waals surface area (Å²) >= 11 is 1.65. The van der Waals surface area contributed by atoms with Crippen LogP contribution < -0.4 is 10.6 Å². The Labute approximate surface area is 222 Å². The van der Waals surface area contributed by atoms with Gasteiger partial charge in [-0.25, -0.2) is 0 Å². The van der Waals surface area contributed by atoms with E-state index in [1.54, 1.807) is 16.7 Å². The predicted molar refractivity (Wildman–Crippen MR) is 144 cm³/mol. The predicted octanol–water partition coefficient (Wildman–Crippen LogP) is 2.52. The third-order valence-corrected chi connectivity index (χ3v) is 9.90. The Morgan fingerprint density at radius 1 is 1.05 bits per heavy atom. The van der Waals surface area contributed by atoms with Crippen molar-refractivity contribution in [3.05, 3.63) is 71.8 Å². The topological polar surface area (TPSA) is 98.7 Å². The van der Waals surface area contributed by atoms with E-state index in [1.807, 2.05) is 74.5 Å². The van der Waals surface area contributed by atoms with Gasteiger partial charge in [0, 0.05) is 17.8 Å². The molecular weight excluding hydrogens is 486 g/mol. The lowest BCUT2D eigenvalue weighted by Gasteiger charge is -2.37. The highest BCUT2D eigenvalue weighted by molar-refractivity contribution is 8.02. The van der Waals surface area contributed by atoms with Crippen molar-refractivity contribution in [1.82, 2.24) is 15.5 Å². The zero-order valence-electron chi connectivity index (χ0n) is 21.3. The van der Waals surface area contributed by atoms with Gasteiger partial charge in [-0.15, -0.1) is 11.8 Å². The molecule has 3 fully saturated rings. The van der Waals surface area contributed by atoms with Crippen LogP contribution in [0, 0.1) is 11.8 Å². The van der Waals surface area contributed by atoms with E-state index in [0.29, 0.717) is 19.4 Å². The molecule has 6 atom stereocenters. The number of thioether (sulfide) groups is 1. The largest absolute Gasteiger partial charge is 0.394 e. The lowest BCUT2D eigenvalue weighted by Crippen LogP contribution is -2.57. The van der Waals surface area contributed by atoms with E-state index in [4.69, 9.17) is 0 Å². The second kappa shape index (κ2) is 10.5. The molecule has 1 spiro atoms. The fraction of sp³-hybridized carbons (Fsp3) is 0.483. The third-order valence-electron chi connectivity index (χ3n) is 7.95. The first-order chi connectivity index (χ1) is 17.9. The SMILES string of the molecule is CC(C)NC(=O)C1N([C@@H](CO)Cc2ccccc2)C(=O)[C@@H]2[C@@H](C(=O)NCc3ccccc3)[C@H]3CCC12S3. The van der Waals surface area contributed by atoms with Crippen LogP contribution in [-0.4, -0.2) is 62.5 Å². The van der Waals surface area contributed by atoms with E-state index in [0.717, 1.165) is 17.5 Å². The molecule has 3 heterocycles. The molecule has 3 N–H and O–H groups in total. The van der Waals surface area contributed by atoms with Crippen molar-refractivity contribution in [2.24, 2.45) is 11.8 Å². The van der Waals surface area contributed by atoms with Crippen LogP contribution in [0.3, 0.4) is 0 Å². The van der Waals surface area contributed by atoms with Gasteiger partial charge in [0.15, 0.2) is 0 Å². The maximum absolute atomic E-state index is 14.2. The fourth-order valence-electron chi connectivity index (χ4n) is 6.49. The number of rotatable bonds is 9. The molecule has 2 unspecified atom stereocenters. The Balaban J connectivity index is 1.46. The molecule has 8 heteroatoms. The number of nitrogens with one attached hydrogen (secondary N) is 2. The number of fused-ring (bicyclic) bond motifs is 1. The van der Waals surface area contributed by atoms with E-state index in [2.05, 4.69) is 10.6 Å². The van der Waals surface area contributed by atoms with Crippen LogP contribution in [-0.2, 0) is 27.3 Å². The number of hydrogen-bond acceptors (Lipinski definition) is 5. The summed E-state index contributed by atoms with van der Waals surface area (Å²) in [6, 6.07) is 18.1. The third kappa shape index (κ3) is 4.66. The lowest BCUT2D eigenvalue weighted by atomic mass is 9.70. The van der Waals surface area contributed by atoms with Crippen molar-refractivity contribution in [1.29, 1.82) is 0 Å². The molecule has 196 valence electrons. The summed E-state index contributed by atoms with van der Waals surface area (Å²) in [4.78, 5) is 43.1. The minimum Gasteiger partial charge on any atom is -0.394 e. The van der Waals surface area contributed by atoms with Crippen molar-refractivity contribution in [2.45, 2.75) is 67.8 Å². The molecular formula is C29H35N3O4S. The molecule has 3 aliphatic heterocycles. The van der Waals surface area contributed by atoms with E-state index in [9.17, 15) is 19.5 Å². The van der Waals surface area contributed by atoms with Crippen molar-refractivity contribution in [2.75, 3.05) is 6.61 Å². The zero-order valence-corrected chi connectivity index (χ0v) is 22.1. The second-order valence-electron chi connectivity index (χ2n) is 10.7. The highest BCUT2D eigenvalue weighted by Gasteiger charge is 2.74.